The van der Waals surface area contributed by atoms with Crippen LogP contribution in [-0.2, 0) is 19.1 Å². The number of benzene rings is 2. The Morgan fingerprint density at radius 1 is 1.09 bits per heavy atom. The van der Waals surface area contributed by atoms with Crippen molar-refractivity contribution in [2.45, 2.75) is 25.4 Å². The summed E-state index contributed by atoms with van der Waals surface area (Å²) in [5, 5.41) is 12.0. The van der Waals surface area contributed by atoms with Crippen molar-refractivity contribution < 1.29 is 29.0 Å². The molecule has 2 amide bonds. The number of rotatable bonds is 6. The van der Waals surface area contributed by atoms with E-state index in [4.69, 9.17) is 9.47 Å². The number of hydrogen-bond acceptors (Lipinski definition) is 5. The standard InChI is InChI=1S/C26H28N2O6/c1-26(24(30)31)14-28(15-26)23(29)22-16(10-11-33-22)12-27-25(32)34-13-21-19-8-4-2-6-17(19)18-7-3-5-9-20(18)21/h2-9,16,21-22H,10-15H2,1H3,(H,27,32)(H,30,31). The van der Waals surface area contributed by atoms with E-state index in [2.05, 4.69) is 29.6 Å². The first-order valence-corrected chi connectivity index (χ1v) is 11.6. The van der Waals surface area contributed by atoms with Crippen LogP contribution in [0.5, 0.6) is 0 Å². The number of nitrogens with zero attached hydrogens (tertiary/aromatic N) is 1. The van der Waals surface area contributed by atoms with E-state index in [0.29, 0.717) is 13.0 Å². The molecule has 2 saturated heterocycles. The van der Waals surface area contributed by atoms with Crippen LogP contribution in [0.3, 0.4) is 0 Å². The van der Waals surface area contributed by atoms with E-state index >= 15 is 0 Å². The lowest BCUT2D eigenvalue weighted by molar-refractivity contribution is -0.168. The number of likely N-dealkylation sites (tertiary alicyclic amines) is 1. The fourth-order valence-electron chi connectivity index (χ4n) is 5.25. The van der Waals surface area contributed by atoms with Crippen molar-refractivity contribution in [3.63, 3.8) is 0 Å². The van der Waals surface area contributed by atoms with E-state index in [1.807, 2.05) is 24.3 Å². The number of ether oxygens (including phenoxy) is 2. The Morgan fingerprint density at radius 2 is 1.71 bits per heavy atom. The van der Waals surface area contributed by atoms with Gasteiger partial charge in [0, 0.05) is 38.1 Å². The molecule has 0 aromatic heterocycles. The number of hydrogen-bond donors (Lipinski definition) is 2. The van der Waals surface area contributed by atoms with Gasteiger partial charge in [0.05, 0.1) is 0 Å². The second-order valence-corrected chi connectivity index (χ2v) is 9.61. The van der Waals surface area contributed by atoms with E-state index < -0.39 is 23.6 Å². The Kier molecular flexibility index (Phi) is 5.77. The number of nitrogens with one attached hydrogen (secondary N) is 1. The molecule has 8 nitrogen and oxygen atoms in total. The van der Waals surface area contributed by atoms with Gasteiger partial charge in [0.15, 0.2) is 0 Å². The maximum Gasteiger partial charge on any atom is 0.407 e. The first-order valence-electron chi connectivity index (χ1n) is 11.6. The second kappa shape index (κ2) is 8.76. The second-order valence-electron chi connectivity index (χ2n) is 9.61. The van der Waals surface area contributed by atoms with Gasteiger partial charge in [0.1, 0.15) is 18.1 Å². The summed E-state index contributed by atoms with van der Waals surface area (Å²) in [6, 6.07) is 16.3. The minimum absolute atomic E-state index is 0.0164. The van der Waals surface area contributed by atoms with E-state index in [1.165, 1.54) is 16.0 Å². The zero-order chi connectivity index (χ0) is 23.9. The van der Waals surface area contributed by atoms with Gasteiger partial charge < -0.3 is 24.8 Å². The average Bonchev–Trinajstić information content (AvgIpc) is 3.41. The molecule has 0 radical (unpaired) electrons. The Morgan fingerprint density at radius 3 is 2.32 bits per heavy atom. The minimum Gasteiger partial charge on any atom is -0.481 e. The molecule has 2 atom stereocenters. The summed E-state index contributed by atoms with van der Waals surface area (Å²) in [4.78, 5) is 38.1. The van der Waals surface area contributed by atoms with E-state index in [0.717, 1.165) is 11.1 Å². The molecule has 0 saturated carbocycles. The maximum absolute atomic E-state index is 12.8. The summed E-state index contributed by atoms with van der Waals surface area (Å²) in [5.41, 5.74) is 3.73. The summed E-state index contributed by atoms with van der Waals surface area (Å²) < 4.78 is 11.2. The molecule has 1 aliphatic carbocycles. The summed E-state index contributed by atoms with van der Waals surface area (Å²) >= 11 is 0. The fraction of sp³-hybridized carbons (Fsp3) is 0.423. The molecule has 2 aliphatic heterocycles. The Hall–Kier alpha value is -3.39. The summed E-state index contributed by atoms with van der Waals surface area (Å²) in [6.45, 7) is 2.89. The number of carbonyl (C=O) groups excluding carboxylic acids is 2. The van der Waals surface area contributed by atoms with Crippen LogP contribution in [0.2, 0.25) is 0 Å². The van der Waals surface area contributed by atoms with Crippen LogP contribution < -0.4 is 5.32 Å². The topological polar surface area (TPSA) is 105 Å². The maximum atomic E-state index is 12.8. The largest absolute Gasteiger partial charge is 0.481 e. The number of fused-ring (bicyclic) bond motifs is 3. The Labute approximate surface area is 197 Å². The number of carboxylic acid groups (broad SMARTS) is 1. The lowest BCUT2D eigenvalue weighted by Crippen LogP contribution is -2.63. The van der Waals surface area contributed by atoms with Crippen LogP contribution in [0.4, 0.5) is 4.79 Å². The van der Waals surface area contributed by atoms with Crippen LogP contribution in [0.25, 0.3) is 11.1 Å². The van der Waals surface area contributed by atoms with Gasteiger partial charge in [-0.3, -0.25) is 9.59 Å². The molecule has 2 N–H and O–H groups in total. The van der Waals surface area contributed by atoms with Crippen LogP contribution in [0.15, 0.2) is 48.5 Å². The molecule has 178 valence electrons. The molecule has 0 bridgehead atoms. The number of carbonyl (C=O) groups is 3. The number of alkyl carbamates (subject to hydrolysis) is 1. The van der Waals surface area contributed by atoms with Crippen molar-refractivity contribution in [3.05, 3.63) is 59.7 Å². The molecular weight excluding hydrogens is 436 g/mol. The van der Waals surface area contributed by atoms with Crippen molar-refractivity contribution in [3.8, 4) is 11.1 Å². The molecule has 2 fully saturated rings. The molecular formula is C26H28N2O6. The number of carboxylic acids is 1. The number of amides is 2. The molecule has 0 spiro atoms. The highest BCUT2D eigenvalue weighted by Crippen LogP contribution is 2.44. The number of aliphatic carboxylic acids is 1. The monoisotopic (exact) mass is 464 g/mol. The van der Waals surface area contributed by atoms with Gasteiger partial charge in [0.2, 0.25) is 0 Å². The molecule has 34 heavy (non-hydrogen) atoms. The zero-order valence-electron chi connectivity index (χ0n) is 19.0. The van der Waals surface area contributed by atoms with Crippen molar-refractivity contribution >= 4 is 18.0 Å². The first-order chi connectivity index (χ1) is 16.4. The molecule has 2 unspecified atom stereocenters. The SMILES string of the molecule is CC1(C(=O)O)CN(C(=O)C2OCCC2CNC(=O)OCC2c3ccccc3-c3ccccc32)C1. The van der Waals surface area contributed by atoms with Crippen molar-refractivity contribution in [2.24, 2.45) is 11.3 Å². The molecule has 2 heterocycles. The third-order valence-corrected chi connectivity index (χ3v) is 7.22. The highest BCUT2D eigenvalue weighted by Gasteiger charge is 2.50. The first kappa shape index (κ1) is 22.4. The predicted molar refractivity (Wildman–Crippen MR) is 123 cm³/mol. The molecule has 8 heteroatoms. The predicted octanol–water partition coefficient (Wildman–Crippen LogP) is 2.86. The van der Waals surface area contributed by atoms with Gasteiger partial charge in [-0.05, 0) is 35.6 Å². The molecule has 2 aromatic rings. The van der Waals surface area contributed by atoms with Gasteiger partial charge >= 0.3 is 12.1 Å². The third-order valence-electron chi connectivity index (χ3n) is 7.22. The lowest BCUT2D eigenvalue weighted by Gasteiger charge is -2.46. The van der Waals surface area contributed by atoms with Crippen LogP contribution in [0, 0.1) is 11.3 Å². The quantitative estimate of drug-likeness (QED) is 0.681. The summed E-state index contributed by atoms with van der Waals surface area (Å²) in [7, 11) is 0. The molecule has 3 aliphatic rings. The zero-order valence-corrected chi connectivity index (χ0v) is 19.0. The van der Waals surface area contributed by atoms with Gasteiger partial charge in [0.25, 0.3) is 5.91 Å². The van der Waals surface area contributed by atoms with Crippen LogP contribution in [-0.4, -0.2) is 66.9 Å². The molecule has 5 rings (SSSR count). The molecule has 2 aromatic carbocycles. The highest BCUT2D eigenvalue weighted by atomic mass is 16.5. The van der Waals surface area contributed by atoms with Gasteiger partial charge in [-0.25, -0.2) is 4.79 Å². The van der Waals surface area contributed by atoms with E-state index in [-0.39, 0.29) is 44.0 Å². The van der Waals surface area contributed by atoms with Gasteiger partial charge in [-0.2, -0.15) is 0 Å². The van der Waals surface area contributed by atoms with Crippen molar-refractivity contribution in [2.75, 3.05) is 32.8 Å². The van der Waals surface area contributed by atoms with E-state index in [9.17, 15) is 19.5 Å². The average molecular weight is 465 g/mol. The van der Waals surface area contributed by atoms with Crippen LogP contribution >= 0.6 is 0 Å². The van der Waals surface area contributed by atoms with E-state index in [1.54, 1.807) is 6.92 Å². The van der Waals surface area contributed by atoms with Crippen molar-refractivity contribution in [1.82, 2.24) is 10.2 Å². The highest BCUT2D eigenvalue weighted by molar-refractivity contribution is 5.86. The minimum atomic E-state index is -0.905. The Bertz CT molecular complexity index is 1080. The summed E-state index contributed by atoms with van der Waals surface area (Å²) in [5.74, 6) is -1.31. The third kappa shape index (κ3) is 3.92. The van der Waals surface area contributed by atoms with Gasteiger partial charge in [-0.1, -0.05) is 48.5 Å². The smallest absolute Gasteiger partial charge is 0.407 e. The van der Waals surface area contributed by atoms with Crippen molar-refractivity contribution in [1.29, 1.82) is 0 Å². The lowest BCUT2D eigenvalue weighted by atomic mass is 9.81. The van der Waals surface area contributed by atoms with Crippen LogP contribution in [0.1, 0.15) is 30.4 Å². The normalized spacial score (nSPS) is 22.4. The Balaban J connectivity index is 1.14. The fourth-order valence-corrected chi connectivity index (χ4v) is 5.25. The van der Waals surface area contributed by atoms with Gasteiger partial charge in [-0.15, -0.1) is 0 Å². The summed E-state index contributed by atoms with van der Waals surface area (Å²) in [6.07, 6.45) is -0.556.